The predicted molar refractivity (Wildman–Crippen MR) is 95.3 cm³/mol. The first kappa shape index (κ1) is 18.1. The number of amides is 1. The Morgan fingerprint density at radius 1 is 1.19 bits per heavy atom. The molecule has 138 valence electrons. The number of nitrogens with one attached hydrogen (secondary N) is 1. The maximum absolute atomic E-state index is 13.5. The minimum absolute atomic E-state index is 0.232. The second kappa shape index (κ2) is 7.29. The van der Waals surface area contributed by atoms with Gasteiger partial charge in [-0.3, -0.25) is 4.79 Å². The summed E-state index contributed by atoms with van der Waals surface area (Å²) in [5.41, 5.74) is 2.30. The molecule has 7 heteroatoms. The van der Waals surface area contributed by atoms with E-state index in [2.05, 4.69) is 5.32 Å². The number of hydrogen-bond acceptors (Lipinski definition) is 3. The zero-order valence-electron chi connectivity index (χ0n) is 15.0. The fraction of sp³-hybridized carbons (Fsp3) is 0.316. The Balaban J connectivity index is 1.93. The monoisotopic (exact) mass is 361 g/mol. The van der Waals surface area contributed by atoms with E-state index in [1.807, 2.05) is 32.0 Å². The van der Waals surface area contributed by atoms with Gasteiger partial charge in [-0.05, 0) is 38.7 Å². The number of benzene rings is 1. The summed E-state index contributed by atoms with van der Waals surface area (Å²) in [5.74, 6) is -1.33. The number of aryl methyl sites for hydroxylation is 1. The standard InChI is InChI=1S/C19H21F2N3O2/c1-12-8-16-18(26-12)10-17(19(25)22-6-7-23(2)3)24(16)11-13-4-5-14(20)15(21)9-13/h4-5,8-10H,6-7,11H2,1-3H3,(H,22,25). The van der Waals surface area contributed by atoms with Crippen molar-refractivity contribution in [2.75, 3.05) is 27.2 Å². The highest BCUT2D eigenvalue weighted by Gasteiger charge is 2.19. The minimum atomic E-state index is -0.911. The summed E-state index contributed by atoms with van der Waals surface area (Å²) in [7, 11) is 3.85. The van der Waals surface area contributed by atoms with Gasteiger partial charge in [-0.1, -0.05) is 6.07 Å². The van der Waals surface area contributed by atoms with Crippen LogP contribution < -0.4 is 5.32 Å². The predicted octanol–water partition coefficient (Wildman–Crippen LogP) is 3.16. The lowest BCUT2D eigenvalue weighted by Crippen LogP contribution is -2.32. The zero-order chi connectivity index (χ0) is 18.8. The second-order valence-electron chi connectivity index (χ2n) is 6.53. The van der Waals surface area contributed by atoms with Crippen molar-refractivity contribution in [1.82, 2.24) is 14.8 Å². The van der Waals surface area contributed by atoms with Crippen molar-refractivity contribution in [2.45, 2.75) is 13.5 Å². The molecule has 2 aromatic heterocycles. The molecule has 0 fully saturated rings. The Labute approximate surface area is 150 Å². The number of carbonyl (C=O) groups excluding carboxylic acids is 1. The van der Waals surface area contributed by atoms with Crippen molar-refractivity contribution in [3.8, 4) is 0 Å². The van der Waals surface area contributed by atoms with Crippen LogP contribution in [-0.4, -0.2) is 42.6 Å². The van der Waals surface area contributed by atoms with Gasteiger partial charge in [-0.25, -0.2) is 8.78 Å². The lowest BCUT2D eigenvalue weighted by molar-refractivity contribution is 0.0942. The number of rotatable bonds is 6. The van der Waals surface area contributed by atoms with Crippen LogP contribution in [0.3, 0.4) is 0 Å². The van der Waals surface area contributed by atoms with E-state index in [-0.39, 0.29) is 12.5 Å². The molecule has 1 aromatic carbocycles. The molecule has 2 heterocycles. The van der Waals surface area contributed by atoms with Gasteiger partial charge in [0.2, 0.25) is 0 Å². The SMILES string of the molecule is Cc1cc2c(cc(C(=O)NCCN(C)C)n2Cc2ccc(F)c(F)c2)o1. The Bertz CT molecular complexity index is 944. The highest BCUT2D eigenvalue weighted by Crippen LogP contribution is 2.25. The molecule has 1 amide bonds. The number of halogens is 2. The molecule has 0 aliphatic heterocycles. The maximum Gasteiger partial charge on any atom is 0.268 e. The lowest BCUT2D eigenvalue weighted by Gasteiger charge is -2.13. The van der Waals surface area contributed by atoms with Crippen LogP contribution in [0.2, 0.25) is 0 Å². The largest absolute Gasteiger partial charge is 0.460 e. The van der Waals surface area contributed by atoms with Crippen molar-refractivity contribution >= 4 is 17.0 Å². The molecule has 26 heavy (non-hydrogen) atoms. The van der Waals surface area contributed by atoms with Crippen LogP contribution in [0.5, 0.6) is 0 Å². The van der Waals surface area contributed by atoms with Crippen molar-refractivity contribution in [1.29, 1.82) is 0 Å². The zero-order valence-corrected chi connectivity index (χ0v) is 15.0. The van der Waals surface area contributed by atoms with Gasteiger partial charge in [-0.2, -0.15) is 0 Å². The Hall–Kier alpha value is -2.67. The van der Waals surface area contributed by atoms with Crippen molar-refractivity contribution in [3.63, 3.8) is 0 Å². The van der Waals surface area contributed by atoms with Crippen molar-refractivity contribution < 1.29 is 18.0 Å². The molecular formula is C19H21F2N3O2. The molecule has 0 spiro atoms. The van der Waals surface area contributed by atoms with Gasteiger partial charge in [0.05, 0.1) is 5.52 Å². The van der Waals surface area contributed by atoms with Gasteiger partial charge >= 0.3 is 0 Å². The van der Waals surface area contributed by atoms with E-state index in [9.17, 15) is 13.6 Å². The molecule has 5 nitrogen and oxygen atoms in total. The third kappa shape index (κ3) is 3.77. The number of carbonyl (C=O) groups is 1. The van der Waals surface area contributed by atoms with Crippen LogP contribution in [0.1, 0.15) is 21.8 Å². The Kier molecular flexibility index (Phi) is 5.08. The summed E-state index contributed by atoms with van der Waals surface area (Å²) in [6.45, 7) is 3.27. The third-order valence-corrected chi connectivity index (χ3v) is 4.11. The van der Waals surface area contributed by atoms with Gasteiger partial charge in [0.25, 0.3) is 5.91 Å². The number of hydrogen-bond donors (Lipinski definition) is 1. The molecule has 0 atom stereocenters. The third-order valence-electron chi connectivity index (χ3n) is 4.11. The van der Waals surface area contributed by atoms with E-state index in [0.717, 1.165) is 17.6 Å². The summed E-state index contributed by atoms with van der Waals surface area (Å²) < 4.78 is 34.1. The van der Waals surface area contributed by atoms with Crippen molar-refractivity contribution in [3.05, 3.63) is 59.0 Å². The minimum Gasteiger partial charge on any atom is -0.460 e. The van der Waals surface area contributed by atoms with E-state index in [1.165, 1.54) is 6.07 Å². The highest BCUT2D eigenvalue weighted by atomic mass is 19.2. The molecule has 1 N–H and O–H groups in total. The van der Waals surface area contributed by atoms with Crippen LogP contribution in [0.25, 0.3) is 11.1 Å². The quantitative estimate of drug-likeness (QED) is 0.734. The van der Waals surface area contributed by atoms with E-state index in [1.54, 1.807) is 10.6 Å². The summed E-state index contributed by atoms with van der Waals surface area (Å²) >= 11 is 0. The smallest absolute Gasteiger partial charge is 0.268 e. The lowest BCUT2D eigenvalue weighted by atomic mass is 10.2. The molecule has 0 aliphatic carbocycles. The first-order valence-electron chi connectivity index (χ1n) is 8.31. The van der Waals surface area contributed by atoms with E-state index in [0.29, 0.717) is 35.7 Å². The fourth-order valence-corrected chi connectivity index (χ4v) is 2.83. The van der Waals surface area contributed by atoms with Gasteiger partial charge in [0.15, 0.2) is 17.2 Å². The van der Waals surface area contributed by atoms with E-state index >= 15 is 0 Å². The van der Waals surface area contributed by atoms with E-state index < -0.39 is 11.6 Å². The Morgan fingerprint density at radius 3 is 2.65 bits per heavy atom. The fourth-order valence-electron chi connectivity index (χ4n) is 2.83. The van der Waals surface area contributed by atoms with Crippen LogP contribution in [0, 0.1) is 18.6 Å². The molecule has 0 aliphatic rings. The highest BCUT2D eigenvalue weighted by molar-refractivity contribution is 5.97. The van der Waals surface area contributed by atoms with Crippen LogP contribution in [0.4, 0.5) is 8.78 Å². The number of nitrogens with zero attached hydrogens (tertiary/aromatic N) is 2. The molecule has 0 saturated heterocycles. The maximum atomic E-state index is 13.5. The number of aromatic nitrogens is 1. The average molecular weight is 361 g/mol. The van der Waals surface area contributed by atoms with Gasteiger partial charge in [-0.15, -0.1) is 0 Å². The van der Waals surface area contributed by atoms with Crippen molar-refractivity contribution in [2.24, 2.45) is 0 Å². The molecule has 3 aromatic rings. The number of likely N-dealkylation sites (N-methyl/N-ethyl adjacent to an activating group) is 1. The first-order chi connectivity index (χ1) is 12.3. The molecular weight excluding hydrogens is 340 g/mol. The molecule has 0 unspecified atom stereocenters. The summed E-state index contributed by atoms with van der Waals surface area (Å²) in [6, 6.07) is 7.23. The summed E-state index contributed by atoms with van der Waals surface area (Å²) in [5, 5.41) is 2.87. The summed E-state index contributed by atoms with van der Waals surface area (Å²) in [4.78, 5) is 14.6. The average Bonchev–Trinajstić information content (AvgIpc) is 3.08. The molecule has 0 bridgehead atoms. The van der Waals surface area contributed by atoms with Gasteiger partial charge in [0.1, 0.15) is 11.5 Å². The van der Waals surface area contributed by atoms with Crippen LogP contribution in [0.15, 0.2) is 34.7 Å². The number of fused-ring (bicyclic) bond motifs is 1. The van der Waals surface area contributed by atoms with Gasteiger partial charge in [0, 0.05) is 31.8 Å². The normalized spacial score (nSPS) is 11.5. The summed E-state index contributed by atoms with van der Waals surface area (Å²) in [6.07, 6.45) is 0. The Morgan fingerprint density at radius 2 is 1.96 bits per heavy atom. The van der Waals surface area contributed by atoms with Gasteiger partial charge < -0.3 is 19.2 Å². The van der Waals surface area contributed by atoms with E-state index in [4.69, 9.17) is 4.42 Å². The number of furan rings is 1. The molecule has 3 rings (SSSR count). The molecule has 0 radical (unpaired) electrons. The van der Waals surface area contributed by atoms with Crippen LogP contribution >= 0.6 is 0 Å². The topological polar surface area (TPSA) is 50.4 Å². The van der Waals surface area contributed by atoms with Crippen LogP contribution in [-0.2, 0) is 6.54 Å². The molecule has 0 saturated carbocycles. The second-order valence-corrected chi connectivity index (χ2v) is 6.53. The first-order valence-corrected chi connectivity index (χ1v) is 8.31.